The van der Waals surface area contributed by atoms with Crippen molar-refractivity contribution in [2.45, 2.75) is 13.3 Å². The summed E-state index contributed by atoms with van der Waals surface area (Å²) in [5, 5.41) is 0.433. The molecule has 0 aliphatic carbocycles. The third kappa shape index (κ3) is 4.04. The Morgan fingerprint density at radius 2 is 2.12 bits per heavy atom. The van der Waals surface area contributed by atoms with Crippen LogP contribution < -0.4 is 0 Å². The Balaban J connectivity index is 2.82. The van der Waals surface area contributed by atoms with E-state index >= 15 is 0 Å². The van der Waals surface area contributed by atoms with Crippen LogP contribution in [0.5, 0.6) is 0 Å². The smallest absolute Gasteiger partial charge is 0.309 e. The molecule has 90 valence electrons. The Hall–Kier alpha value is -1.61. The summed E-state index contributed by atoms with van der Waals surface area (Å²) in [5.41, 5.74) is 1.30. The van der Waals surface area contributed by atoms with Crippen LogP contribution in [-0.4, -0.2) is 18.9 Å². The normalized spacial score (nSPS) is 10.5. The third-order valence-electron chi connectivity index (χ3n) is 2.19. The molecule has 0 spiro atoms. The van der Waals surface area contributed by atoms with E-state index in [2.05, 4.69) is 4.74 Å². The van der Waals surface area contributed by atoms with Gasteiger partial charge in [-0.15, -0.1) is 0 Å². The van der Waals surface area contributed by atoms with Gasteiger partial charge in [0.05, 0.1) is 18.6 Å². The fraction of sp³-hybridized carbons (Fsp3) is 0.231. The first-order valence-electron chi connectivity index (χ1n) is 5.08. The van der Waals surface area contributed by atoms with Crippen molar-refractivity contribution in [1.82, 2.24) is 0 Å². The Morgan fingerprint density at radius 1 is 1.41 bits per heavy atom. The van der Waals surface area contributed by atoms with Crippen LogP contribution in [0.4, 0.5) is 0 Å². The predicted octanol–water partition coefficient (Wildman–Crippen LogP) is 3.12. The molecule has 1 rings (SSSR count). The molecule has 0 atom stereocenters. The van der Waals surface area contributed by atoms with E-state index in [0.717, 1.165) is 5.56 Å². The van der Waals surface area contributed by atoms with Gasteiger partial charge in [-0.25, -0.2) is 0 Å². The molecule has 0 aromatic heterocycles. The SMILES string of the molecule is COC(=O)CC=Cc1ccc(Cl)c(C(C)=O)c1. The second kappa shape index (κ2) is 6.21. The van der Waals surface area contributed by atoms with Crippen molar-refractivity contribution < 1.29 is 14.3 Å². The van der Waals surface area contributed by atoms with Crippen molar-refractivity contribution in [1.29, 1.82) is 0 Å². The van der Waals surface area contributed by atoms with E-state index in [0.29, 0.717) is 10.6 Å². The maximum Gasteiger partial charge on any atom is 0.309 e. The van der Waals surface area contributed by atoms with Crippen LogP contribution in [0.1, 0.15) is 29.3 Å². The van der Waals surface area contributed by atoms with E-state index in [9.17, 15) is 9.59 Å². The van der Waals surface area contributed by atoms with Gasteiger partial charge in [0.15, 0.2) is 5.78 Å². The third-order valence-corrected chi connectivity index (χ3v) is 2.52. The number of Topliss-reactive ketones (excluding diaryl/α,β-unsaturated/α-hetero) is 1. The van der Waals surface area contributed by atoms with E-state index in [4.69, 9.17) is 11.6 Å². The highest BCUT2D eigenvalue weighted by atomic mass is 35.5. The molecule has 0 saturated carbocycles. The van der Waals surface area contributed by atoms with Gasteiger partial charge in [-0.1, -0.05) is 29.8 Å². The number of carbonyl (C=O) groups is 2. The number of hydrogen-bond donors (Lipinski definition) is 0. The molecule has 1 aromatic rings. The second-order valence-electron chi connectivity index (χ2n) is 3.48. The highest BCUT2D eigenvalue weighted by Crippen LogP contribution is 2.19. The van der Waals surface area contributed by atoms with Crippen molar-refractivity contribution in [3.05, 3.63) is 40.4 Å². The molecular formula is C13H13ClO3. The molecule has 0 amide bonds. The summed E-state index contributed by atoms with van der Waals surface area (Å²) in [7, 11) is 1.34. The Bertz CT molecular complexity index is 464. The van der Waals surface area contributed by atoms with Gasteiger partial charge in [-0.2, -0.15) is 0 Å². The van der Waals surface area contributed by atoms with E-state index in [1.807, 2.05) is 0 Å². The molecule has 0 N–H and O–H groups in total. The highest BCUT2D eigenvalue weighted by Gasteiger charge is 2.05. The number of hydrogen-bond acceptors (Lipinski definition) is 3. The molecule has 0 bridgehead atoms. The van der Waals surface area contributed by atoms with E-state index in [-0.39, 0.29) is 18.2 Å². The Morgan fingerprint density at radius 3 is 2.71 bits per heavy atom. The maximum atomic E-state index is 11.3. The van der Waals surface area contributed by atoms with Crippen molar-refractivity contribution in [2.75, 3.05) is 7.11 Å². The molecule has 0 fully saturated rings. The summed E-state index contributed by atoms with van der Waals surface area (Å²) in [5.74, 6) is -0.389. The monoisotopic (exact) mass is 252 g/mol. The Labute approximate surface area is 105 Å². The number of rotatable bonds is 4. The molecule has 3 nitrogen and oxygen atoms in total. The van der Waals surface area contributed by atoms with Gasteiger partial charge in [0, 0.05) is 5.56 Å². The Kier molecular flexibility index (Phi) is 4.91. The van der Waals surface area contributed by atoms with Crippen LogP contribution in [0.25, 0.3) is 6.08 Å². The molecule has 0 aliphatic rings. The fourth-order valence-electron chi connectivity index (χ4n) is 1.29. The number of halogens is 1. The van der Waals surface area contributed by atoms with Crippen LogP contribution >= 0.6 is 11.6 Å². The first-order chi connectivity index (χ1) is 8.04. The lowest BCUT2D eigenvalue weighted by Crippen LogP contribution is -1.97. The number of methoxy groups -OCH3 is 1. The average molecular weight is 253 g/mol. The largest absolute Gasteiger partial charge is 0.469 e. The second-order valence-corrected chi connectivity index (χ2v) is 3.89. The van der Waals surface area contributed by atoms with Crippen molar-refractivity contribution >= 4 is 29.4 Å². The molecule has 0 radical (unpaired) electrons. The van der Waals surface area contributed by atoms with Crippen LogP contribution in [0, 0.1) is 0 Å². The minimum atomic E-state index is -0.304. The molecular weight excluding hydrogens is 240 g/mol. The molecule has 0 saturated heterocycles. The summed E-state index contributed by atoms with van der Waals surface area (Å²) in [6.07, 6.45) is 3.63. The minimum Gasteiger partial charge on any atom is -0.469 e. The van der Waals surface area contributed by atoms with E-state index in [1.165, 1.54) is 14.0 Å². The molecule has 1 aromatic carbocycles. The number of ketones is 1. The van der Waals surface area contributed by atoms with Crippen LogP contribution in [0.3, 0.4) is 0 Å². The summed E-state index contributed by atoms with van der Waals surface area (Å²) >= 11 is 5.88. The van der Waals surface area contributed by atoms with Crippen molar-refractivity contribution in [2.24, 2.45) is 0 Å². The number of ether oxygens (including phenoxy) is 1. The summed E-state index contributed by atoms with van der Waals surface area (Å²) in [6.45, 7) is 1.46. The standard InChI is InChI=1S/C13H13ClO3/c1-9(15)11-8-10(6-7-12(11)14)4-3-5-13(16)17-2/h3-4,6-8H,5H2,1-2H3. The van der Waals surface area contributed by atoms with Gasteiger partial charge in [0.2, 0.25) is 0 Å². The molecule has 0 aliphatic heterocycles. The fourth-order valence-corrected chi connectivity index (χ4v) is 1.54. The van der Waals surface area contributed by atoms with Crippen molar-refractivity contribution in [3.63, 3.8) is 0 Å². The maximum absolute atomic E-state index is 11.3. The molecule has 0 unspecified atom stereocenters. The number of benzene rings is 1. The zero-order valence-corrected chi connectivity index (χ0v) is 10.5. The van der Waals surface area contributed by atoms with E-state index in [1.54, 1.807) is 30.4 Å². The van der Waals surface area contributed by atoms with Gasteiger partial charge in [-0.3, -0.25) is 9.59 Å². The topological polar surface area (TPSA) is 43.4 Å². The van der Waals surface area contributed by atoms with E-state index < -0.39 is 0 Å². The van der Waals surface area contributed by atoms with Crippen LogP contribution in [0.15, 0.2) is 24.3 Å². The van der Waals surface area contributed by atoms with Crippen LogP contribution in [-0.2, 0) is 9.53 Å². The van der Waals surface area contributed by atoms with Crippen molar-refractivity contribution in [3.8, 4) is 0 Å². The van der Waals surface area contributed by atoms with Gasteiger partial charge in [0.25, 0.3) is 0 Å². The lowest BCUT2D eigenvalue weighted by molar-refractivity contribution is -0.139. The molecule has 0 heterocycles. The first kappa shape index (κ1) is 13.5. The number of esters is 1. The van der Waals surface area contributed by atoms with Gasteiger partial charge in [-0.05, 0) is 24.6 Å². The number of carbonyl (C=O) groups excluding carboxylic acids is 2. The minimum absolute atomic E-state index is 0.0850. The molecule has 4 heteroatoms. The quantitative estimate of drug-likeness (QED) is 0.611. The van der Waals surface area contributed by atoms with Gasteiger partial charge >= 0.3 is 5.97 Å². The lowest BCUT2D eigenvalue weighted by atomic mass is 10.1. The summed E-state index contributed by atoms with van der Waals surface area (Å²) < 4.78 is 4.50. The summed E-state index contributed by atoms with van der Waals surface area (Å²) in [6, 6.07) is 5.14. The van der Waals surface area contributed by atoms with Crippen LogP contribution in [0.2, 0.25) is 5.02 Å². The molecule has 17 heavy (non-hydrogen) atoms. The first-order valence-corrected chi connectivity index (χ1v) is 5.46. The lowest BCUT2D eigenvalue weighted by Gasteiger charge is -2.01. The summed E-state index contributed by atoms with van der Waals surface area (Å²) in [4.78, 5) is 22.1. The zero-order chi connectivity index (χ0) is 12.8. The predicted molar refractivity (Wildman–Crippen MR) is 67.1 cm³/mol. The van der Waals surface area contributed by atoms with Gasteiger partial charge in [0.1, 0.15) is 0 Å². The zero-order valence-electron chi connectivity index (χ0n) is 9.70. The highest BCUT2D eigenvalue weighted by molar-refractivity contribution is 6.33. The van der Waals surface area contributed by atoms with Gasteiger partial charge < -0.3 is 4.74 Å². The average Bonchev–Trinajstić information content (AvgIpc) is 2.30.